The molecular formula is C16H21ClN2O. The first-order chi connectivity index (χ1) is 9.78. The SMILES string of the molecule is O=C(CCl)N1CCC(N(Cc2ccccc2)C2CC2)C1. The summed E-state index contributed by atoms with van der Waals surface area (Å²) in [6.07, 6.45) is 3.67. The number of carbonyl (C=O) groups is 1. The van der Waals surface area contributed by atoms with Crippen molar-refractivity contribution in [3.63, 3.8) is 0 Å². The number of hydrogen-bond acceptors (Lipinski definition) is 2. The summed E-state index contributed by atoms with van der Waals surface area (Å²) in [6, 6.07) is 11.8. The van der Waals surface area contributed by atoms with Crippen molar-refractivity contribution in [1.82, 2.24) is 9.80 Å². The van der Waals surface area contributed by atoms with E-state index in [2.05, 4.69) is 35.2 Å². The lowest BCUT2D eigenvalue weighted by atomic mass is 10.1. The molecule has 1 saturated heterocycles. The quantitative estimate of drug-likeness (QED) is 0.779. The standard InChI is InChI=1S/C16H21ClN2O/c17-10-16(20)18-9-8-15(12-18)19(14-6-7-14)11-13-4-2-1-3-5-13/h1-5,14-15H,6-12H2. The molecule has 20 heavy (non-hydrogen) atoms. The molecule has 1 saturated carbocycles. The van der Waals surface area contributed by atoms with E-state index >= 15 is 0 Å². The Bertz CT molecular complexity index is 461. The Kier molecular flexibility index (Phi) is 4.27. The molecule has 1 aromatic carbocycles. The number of nitrogens with zero attached hydrogens (tertiary/aromatic N) is 2. The van der Waals surface area contributed by atoms with Crippen molar-refractivity contribution in [2.45, 2.75) is 37.9 Å². The van der Waals surface area contributed by atoms with Crippen LogP contribution in [0, 0.1) is 0 Å². The first-order valence-electron chi connectivity index (χ1n) is 7.41. The van der Waals surface area contributed by atoms with E-state index in [4.69, 9.17) is 11.6 Å². The maximum absolute atomic E-state index is 11.7. The minimum atomic E-state index is 0.0737. The van der Waals surface area contributed by atoms with E-state index in [0.29, 0.717) is 12.1 Å². The fourth-order valence-electron chi connectivity index (χ4n) is 3.08. The number of likely N-dealkylation sites (tertiary alicyclic amines) is 1. The van der Waals surface area contributed by atoms with Gasteiger partial charge in [-0.05, 0) is 24.8 Å². The van der Waals surface area contributed by atoms with Crippen LogP contribution in [0.5, 0.6) is 0 Å². The summed E-state index contributed by atoms with van der Waals surface area (Å²) in [7, 11) is 0. The average Bonchev–Trinajstić information content (AvgIpc) is 3.21. The van der Waals surface area contributed by atoms with Crippen LogP contribution in [0.4, 0.5) is 0 Å². The molecule has 3 nitrogen and oxygen atoms in total. The van der Waals surface area contributed by atoms with Gasteiger partial charge in [-0.1, -0.05) is 30.3 Å². The summed E-state index contributed by atoms with van der Waals surface area (Å²) in [5, 5.41) is 0. The molecule has 4 heteroatoms. The fraction of sp³-hybridized carbons (Fsp3) is 0.562. The van der Waals surface area contributed by atoms with Gasteiger partial charge in [0.05, 0.1) is 0 Å². The number of amides is 1. The number of alkyl halides is 1. The molecule has 1 aliphatic carbocycles. The van der Waals surface area contributed by atoms with E-state index in [9.17, 15) is 4.79 Å². The highest BCUT2D eigenvalue weighted by Gasteiger charge is 2.37. The maximum Gasteiger partial charge on any atom is 0.237 e. The van der Waals surface area contributed by atoms with Crippen molar-refractivity contribution in [2.24, 2.45) is 0 Å². The molecule has 1 atom stereocenters. The van der Waals surface area contributed by atoms with Gasteiger partial charge in [0.15, 0.2) is 0 Å². The van der Waals surface area contributed by atoms with Crippen molar-refractivity contribution in [1.29, 1.82) is 0 Å². The molecule has 0 N–H and O–H groups in total. The average molecular weight is 293 g/mol. The lowest BCUT2D eigenvalue weighted by Gasteiger charge is -2.29. The van der Waals surface area contributed by atoms with Crippen LogP contribution in [0.15, 0.2) is 30.3 Å². The van der Waals surface area contributed by atoms with Gasteiger partial charge in [-0.2, -0.15) is 0 Å². The van der Waals surface area contributed by atoms with Crippen LogP contribution in [0.2, 0.25) is 0 Å². The molecule has 1 aromatic rings. The van der Waals surface area contributed by atoms with Crippen LogP contribution in [-0.2, 0) is 11.3 Å². The Morgan fingerprint density at radius 2 is 1.95 bits per heavy atom. The first kappa shape index (κ1) is 13.9. The second-order valence-electron chi connectivity index (χ2n) is 5.80. The van der Waals surface area contributed by atoms with Crippen molar-refractivity contribution >= 4 is 17.5 Å². The van der Waals surface area contributed by atoms with E-state index in [0.717, 1.165) is 26.1 Å². The number of rotatable bonds is 5. The predicted molar refractivity (Wildman–Crippen MR) is 80.7 cm³/mol. The summed E-state index contributed by atoms with van der Waals surface area (Å²) in [5.74, 6) is 0.180. The van der Waals surface area contributed by atoms with Gasteiger partial charge in [0.25, 0.3) is 0 Å². The van der Waals surface area contributed by atoms with Crippen LogP contribution >= 0.6 is 11.6 Å². The Morgan fingerprint density at radius 3 is 2.60 bits per heavy atom. The Balaban J connectivity index is 1.65. The predicted octanol–water partition coefficient (Wildman–Crippen LogP) is 2.49. The molecule has 1 unspecified atom stereocenters. The number of benzene rings is 1. The van der Waals surface area contributed by atoms with Crippen LogP contribution in [0.1, 0.15) is 24.8 Å². The van der Waals surface area contributed by atoms with Gasteiger partial charge in [-0.3, -0.25) is 9.69 Å². The third-order valence-electron chi connectivity index (χ3n) is 4.32. The molecule has 0 bridgehead atoms. The highest BCUT2D eigenvalue weighted by atomic mass is 35.5. The monoisotopic (exact) mass is 292 g/mol. The number of halogens is 1. The van der Waals surface area contributed by atoms with Crippen LogP contribution in [0.3, 0.4) is 0 Å². The van der Waals surface area contributed by atoms with E-state index in [1.54, 1.807) is 0 Å². The van der Waals surface area contributed by atoms with E-state index in [1.807, 2.05) is 4.90 Å². The summed E-state index contributed by atoms with van der Waals surface area (Å²) in [6.45, 7) is 2.70. The molecule has 3 rings (SSSR count). The molecule has 108 valence electrons. The zero-order valence-electron chi connectivity index (χ0n) is 11.7. The van der Waals surface area contributed by atoms with Crippen molar-refractivity contribution < 1.29 is 4.79 Å². The summed E-state index contributed by atoms with van der Waals surface area (Å²) in [5.41, 5.74) is 1.36. The molecule has 0 radical (unpaired) electrons. The molecule has 0 spiro atoms. The van der Waals surface area contributed by atoms with Gasteiger partial charge in [0.1, 0.15) is 5.88 Å². The van der Waals surface area contributed by atoms with Crippen molar-refractivity contribution in [2.75, 3.05) is 19.0 Å². The van der Waals surface area contributed by atoms with Gasteiger partial charge >= 0.3 is 0 Å². The van der Waals surface area contributed by atoms with Crippen LogP contribution in [0.25, 0.3) is 0 Å². The summed E-state index contributed by atoms with van der Waals surface area (Å²) < 4.78 is 0. The fourth-order valence-corrected chi connectivity index (χ4v) is 3.25. The molecule has 1 aliphatic heterocycles. The number of hydrogen-bond donors (Lipinski definition) is 0. The lowest BCUT2D eigenvalue weighted by Crippen LogP contribution is -2.40. The van der Waals surface area contributed by atoms with Crippen LogP contribution < -0.4 is 0 Å². The molecule has 1 heterocycles. The van der Waals surface area contributed by atoms with Gasteiger partial charge in [-0.15, -0.1) is 11.6 Å². The second-order valence-corrected chi connectivity index (χ2v) is 6.07. The van der Waals surface area contributed by atoms with Gasteiger partial charge < -0.3 is 4.90 Å². The van der Waals surface area contributed by atoms with Gasteiger partial charge in [0, 0.05) is 31.7 Å². The highest BCUT2D eigenvalue weighted by molar-refractivity contribution is 6.27. The number of carbonyl (C=O) groups excluding carboxylic acids is 1. The summed E-state index contributed by atoms with van der Waals surface area (Å²) >= 11 is 5.66. The summed E-state index contributed by atoms with van der Waals surface area (Å²) in [4.78, 5) is 16.2. The third-order valence-corrected chi connectivity index (χ3v) is 4.55. The topological polar surface area (TPSA) is 23.6 Å². The second kappa shape index (κ2) is 6.15. The van der Waals surface area contributed by atoms with Crippen molar-refractivity contribution in [3.05, 3.63) is 35.9 Å². The van der Waals surface area contributed by atoms with E-state index in [1.165, 1.54) is 18.4 Å². The maximum atomic E-state index is 11.7. The van der Waals surface area contributed by atoms with Crippen molar-refractivity contribution in [3.8, 4) is 0 Å². The molecule has 0 aromatic heterocycles. The smallest absolute Gasteiger partial charge is 0.237 e. The highest BCUT2D eigenvalue weighted by Crippen LogP contribution is 2.32. The Hall–Kier alpha value is -1.06. The normalized spacial score (nSPS) is 22.5. The Morgan fingerprint density at radius 1 is 1.20 bits per heavy atom. The zero-order chi connectivity index (χ0) is 13.9. The van der Waals surface area contributed by atoms with Crippen LogP contribution in [-0.4, -0.2) is 46.8 Å². The molecule has 1 amide bonds. The molecule has 2 aliphatic rings. The molecular weight excluding hydrogens is 272 g/mol. The van der Waals surface area contributed by atoms with E-state index in [-0.39, 0.29) is 11.8 Å². The van der Waals surface area contributed by atoms with Gasteiger partial charge in [-0.25, -0.2) is 0 Å². The minimum Gasteiger partial charge on any atom is -0.340 e. The molecule has 2 fully saturated rings. The third kappa shape index (κ3) is 3.15. The lowest BCUT2D eigenvalue weighted by molar-refractivity contribution is -0.127. The van der Waals surface area contributed by atoms with E-state index < -0.39 is 0 Å². The minimum absolute atomic E-state index is 0.0737. The Labute approximate surface area is 125 Å². The van der Waals surface area contributed by atoms with Gasteiger partial charge in [0.2, 0.25) is 5.91 Å². The first-order valence-corrected chi connectivity index (χ1v) is 7.95. The zero-order valence-corrected chi connectivity index (χ0v) is 12.4. The largest absolute Gasteiger partial charge is 0.340 e.